The van der Waals surface area contributed by atoms with Gasteiger partial charge in [0.05, 0.1) is 6.61 Å². The molecular weight excluding hydrogens is 238 g/mol. The summed E-state index contributed by atoms with van der Waals surface area (Å²) in [6, 6.07) is 0. The van der Waals surface area contributed by atoms with Crippen molar-refractivity contribution >= 4 is 12.1 Å². The van der Waals surface area contributed by atoms with Crippen molar-refractivity contribution < 1.29 is 24.2 Å². The summed E-state index contributed by atoms with van der Waals surface area (Å²) in [5.74, 6) is -0.388. The number of likely N-dealkylation sites (tertiary alicyclic amines) is 1. The van der Waals surface area contributed by atoms with E-state index in [0.717, 1.165) is 0 Å². The molecular formula is C12H21NO5. The number of carbonyl (C=O) groups is 2. The first-order valence-electron chi connectivity index (χ1n) is 5.90. The smallest absolute Gasteiger partial charge is 0.407 e. The molecule has 0 spiro atoms. The lowest BCUT2D eigenvalue weighted by molar-refractivity contribution is -0.170. The van der Waals surface area contributed by atoms with E-state index in [-0.39, 0.29) is 19.1 Å². The number of methoxy groups -OCH3 is 1. The van der Waals surface area contributed by atoms with Crippen LogP contribution in [0.1, 0.15) is 27.2 Å². The molecule has 0 aliphatic carbocycles. The van der Waals surface area contributed by atoms with E-state index in [1.165, 1.54) is 12.0 Å². The van der Waals surface area contributed by atoms with Crippen molar-refractivity contribution in [1.82, 2.24) is 4.90 Å². The van der Waals surface area contributed by atoms with E-state index in [1.54, 1.807) is 20.8 Å². The van der Waals surface area contributed by atoms with Crippen LogP contribution in [0, 0.1) is 5.41 Å². The highest BCUT2D eigenvalue weighted by Crippen LogP contribution is 2.33. The van der Waals surface area contributed by atoms with Crippen molar-refractivity contribution in [2.45, 2.75) is 32.8 Å². The van der Waals surface area contributed by atoms with Gasteiger partial charge in [0.15, 0.2) is 0 Å². The zero-order chi connectivity index (χ0) is 14.0. The first-order chi connectivity index (χ1) is 8.20. The summed E-state index contributed by atoms with van der Waals surface area (Å²) in [5.41, 5.74) is -1.46. The topological polar surface area (TPSA) is 76.1 Å². The third-order valence-electron chi connectivity index (χ3n) is 2.88. The fourth-order valence-corrected chi connectivity index (χ4v) is 2.04. The average Bonchev–Trinajstić information content (AvgIpc) is 2.61. The standard InChI is InChI=1S/C12H21NO5/c1-11(2,3)18-9(14)12(8-17-4)5-6-13(7-12)10(15)16/h5-8H2,1-4H3,(H,15,16). The maximum absolute atomic E-state index is 12.2. The van der Waals surface area contributed by atoms with E-state index in [0.29, 0.717) is 13.0 Å². The molecule has 1 unspecified atom stereocenters. The molecule has 104 valence electrons. The Balaban J connectivity index is 2.82. The van der Waals surface area contributed by atoms with Gasteiger partial charge in [0.1, 0.15) is 11.0 Å². The molecule has 1 N–H and O–H groups in total. The molecule has 0 aromatic carbocycles. The molecule has 18 heavy (non-hydrogen) atoms. The van der Waals surface area contributed by atoms with Crippen molar-refractivity contribution in [2.75, 3.05) is 26.8 Å². The highest BCUT2D eigenvalue weighted by atomic mass is 16.6. The fraction of sp³-hybridized carbons (Fsp3) is 0.833. The molecule has 1 atom stereocenters. The lowest BCUT2D eigenvalue weighted by Crippen LogP contribution is -2.43. The largest absolute Gasteiger partial charge is 0.465 e. The van der Waals surface area contributed by atoms with Gasteiger partial charge >= 0.3 is 12.1 Å². The summed E-state index contributed by atoms with van der Waals surface area (Å²) in [7, 11) is 1.50. The quantitative estimate of drug-likeness (QED) is 0.774. The number of rotatable bonds is 3. The zero-order valence-corrected chi connectivity index (χ0v) is 11.4. The molecule has 1 aliphatic heterocycles. The zero-order valence-electron chi connectivity index (χ0n) is 11.4. The van der Waals surface area contributed by atoms with Gasteiger partial charge in [-0.25, -0.2) is 4.79 Å². The second-order valence-electron chi connectivity index (χ2n) is 5.67. The van der Waals surface area contributed by atoms with Gasteiger partial charge in [-0.3, -0.25) is 4.79 Å². The summed E-state index contributed by atoms with van der Waals surface area (Å²) in [6.45, 7) is 5.99. The summed E-state index contributed by atoms with van der Waals surface area (Å²) >= 11 is 0. The molecule has 0 radical (unpaired) electrons. The molecule has 1 aliphatic rings. The van der Waals surface area contributed by atoms with Gasteiger partial charge in [0.2, 0.25) is 0 Å². The first-order valence-corrected chi connectivity index (χ1v) is 5.90. The van der Waals surface area contributed by atoms with Gasteiger partial charge in [0, 0.05) is 20.2 Å². The fourth-order valence-electron chi connectivity index (χ4n) is 2.04. The molecule has 1 fully saturated rings. The number of amides is 1. The summed E-state index contributed by atoms with van der Waals surface area (Å²) in [6.07, 6.45) is -0.585. The average molecular weight is 259 g/mol. The van der Waals surface area contributed by atoms with Crippen LogP contribution >= 0.6 is 0 Å². The molecule has 0 aromatic heterocycles. The summed E-state index contributed by atoms with van der Waals surface area (Å²) in [4.78, 5) is 24.4. The third-order valence-corrected chi connectivity index (χ3v) is 2.88. The molecule has 0 saturated carbocycles. The second-order valence-corrected chi connectivity index (χ2v) is 5.67. The van der Waals surface area contributed by atoms with Crippen LogP contribution in [0.3, 0.4) is 0 Å². The molecule has 1 saturated heterocycles. The van der Waals surface area contributed by atoms with Crippen LogP contribution < -0.4 is 0 Å². The van der Waals surface area contributed by atoms with Crippen LogP contribution in [0.5, 0.6) is 0 Å². The van der Waals surface area contributed by atoms with Crippen LogP contribution in [-0.4, -0.2) is 54.5 Å². The van der Waals surface area contributed by atoms with Gasteiger partial charge in [-0.05, 0) is 27.2 Å². The lowest BCUT2D eigenvalue weighted by Gasteiger charge is -2.30. The van der Waals surface area contributed by atoms with Gasteiger partial charge in [-0.1, -0.05) is 0 Å². The highest BCUT2D eigenvalue weighted by Gasteiger charge is 2.48. The predicted octanol–water partition coefficient (Wildman–Crippen LogP) is 1.34. The Bertz CT molecular complexity index is 336. The Morgan fingerprint density at radius 3 is 2.39 bits per heavy atom. The van der Waals surface area contributed by atoms with Gasteiger partial charge < -0.3 is 19.5 Å². The number of carboxylic acid groups (broad SMARTS) is 1. The summed E-state index contributed by atoms with van der Waals surface area (Å²) < 4.78 is 10.4. The van der Waals surface area contributed by atoms with E-state index in [9.17, 15) is 9.59 Å². The van der Waals surface area contributed by atoms with Crippen molar-refractivity contribution in [2.24, 2.45) is 5.41 Å². The van der Waals surface area contributed by atoms with Gasteiger partial charge in [0.25, 0.3) is 0 Å². The Morgan fingerprint density at radius 2 is 2.00 bits per heavy atom. The Kier molecular flexibility index (Phi) is 4.21. The van der Waals surface area contributed by atoms with Crippen LogP contribution in [0.4, 0.5) is 4.79 Å². The third kappa shape index (κ3) is 3.35. The van der Waals surface area contributed by atoms with Crippen LogP contribution in [0.2, 0.25) is 0 Å². The van der Waals surface area contributed by atoms with E-state index < -0.39 is 17.1 Å². The van der Waals surface area contributed by atoms with E-state index in [1.807, 2.05) is 0 Å². The predicted molar refractivity (Wildman–Crippen MR) is 64.4 cm³/mol. The number of hydrogen-bond acceptors (Lipinski definition) is 4. The lowest BCUT2D eigenvalue weighted by atomic mass is 9.88. The van der Waals surface area contributed by atoms with E-state index in [4.69, 9.17) is 14.6 Å². The normalized spacial score (nSPS) is 24.1. The molecule has 1 amide bonds. The maximum atomic E-state index is 12.2. The molecule has 6 nitrogen and oxygen atoms in total. The Hall–Kier alpha value is -1.30. The minimum absolute atomic E-state index is 0.130. The first kappa shape index (κ1) is 14.8. The molecule has 1 rings (SSSR count). The van der Waals surface area contributed by atoms with Crippen LogP contribution in [0.25, 0.3) is 0 Å². The highest BCUT2D eigenvalue weighted by molar-refractivity contribution is 5.79. The number of esters is 1. The SMILES string of the molecule is COCC1(C(=O)OC(C)(C)C)CCN(C(=O)O)C1. The number of ether oxygens (including phenoxy) is 2. The number of carbonyl (C=O) groups excluding carboxylic acids is 1. The molecule has 6 heteroatoms. The van der Waals surface area contributed by atoms with E-state index >= 15 is 0 Å². The second kappa shape index (κ2) is 5.14. The summed E-state index contributed by atoms with van der Waals surface area (Å²) in [5, 5.41) is 8.96. The van der Waals surface area contributed by atoms with Crippen molar-refractivity contribution in [3.63, 3.8) is 0 Å². The maximum Gasteiger partial charge on any atom is 0.407 e. The molecule has 0 aromatic rings. The van der Waals surface area contributed by atoms with Crippen molar-refractivity contribution in [3.8, 4) is 0 Å². The minimum atomic E-state index is -1.02. The van der Waals surface area contributed by atoms with Gasteiger partial charge in [-0.2, -0.15) is 0 Å². The van der Waals surface area contributed by atoms with Crippen molar-refractivity contribution in [3.05, 3.63) is 0 Å². The molecule has 0 bridgehead atoms. The Labute approximate surface area is 107 Å². The molecule has 1 heterocycles. The number of hydrogen-bond donors (Lipinski definition) is 1. The number of nitrogens with zero attached hydrogens (tertiary/aromatic N) is 1. The van der Waals surface area contributed by atoms with Gasteiger partial charge in [-0.15, -0.1) is 0 Å². The van der Waals surface area contributed by atoms with Crippen molar-refractivity contribution in [1.29, 1.82) is 0 Å². The van der Waals surface area contributed by atoms with E-state index in [2.05, 4.69) is 0 Å². The van der Waals surface area contributed by atoms with Crippen LogP contribution in [0.15, 0.2) is 0 Å². The van der Waals surface area contributed by atoms with Crippen LogP contribution in [-0.2, 0) is 14.3 Å². The minimum Gasteiger partial charge on any atom is -0.465 e. The Morgan fingerprint density at radius 1 is 1.39 bits per heavy atom. The monoisotopic (exact) mass is 259 g/mol.